The van der Waals surface area contributed by atoms with Gasteiger partial charge in [-0.3, -0.25) is 4.79 Å². The fraction of sp³-hybridized carbons (Fsp3) is 0.231. The molecule has 0 fully saturated rings. The molecule has 2 aromatic rings. The van der Waals surface area contributed by atoms with Gasteiger partial charge in [-0.15, -0.1) is 0 Å². The number of hydrogen-bond acceptors (Lipinski definition) is 3. The lowest BCUT2D eigenvalue weighted by atomic mass is 10.3. The molecule has 19 heavy (non-hydrogen) atoms. The number of halogens is 1. The van der Waals surface area contributed by atoms with Crippen molar-refractivity contribution in [2.45, 2.75) is 13.0 Å². The molecule has 0 spiro atoms. The molecule has 0 saturated heterocycles. The van der Waals surface area contributed by atoms with Crippen LogP contribution < -0.4 is 10.1 Å². The zero-order valence-electron chi connectivity index (χ0n) is 10.1. The maximum Gasteiger partial charge on any atom is 0.276 e. The number of hydrogen-bond donors (Lipinski definition) is 1. The van der Waals surface area contributed by atoms with E-state index in [0.29, 0.717) is 18.2 Å². The summed E-state index contributed by atoms with van der Waals surface area (Å²) in [7, 11) is 0. The Labute approximate surface area is 118 Å². The van der Waals surface area contributed by atoms with E-state index in [0.717, 1.165) is 23.1 Å². The van der Waals surface area contributed by atoms with Gasteiger partial charge in [-0.05, 0) is 24.3 Å². The summed E-state index contributed by atoms with van der Waals surface area (Å²) >= 11 is 3.35. The fourth-order valence-electron chi connectivity index (χ4n) is 1.91. The van der Waals surface area contributed by atoms with Gasteiger partial charge in [0, 0.05) is 29.2 Å². The van der Waals surface area contributed by atoms with Gasteiger partial charge in [0.05, 0.1) is 6.61 Å². The summed E-state index contributed by atoms with van der Waals surface area (Å²) < 4.78 is 8.13. The number of carbonyl (C=O) groups is 1. The summed E-state index contributed by atoms with van der Waals surface area (Å²) in [5.74, 6) is 0.431. The number of amides is 1. The van der Waals surface area contributed by atoms with Gasteiger partial charge >= 0.3 is 0 Å². The SMILES string of the molecule is O=C(Nc1ccc(Br)cc1)c1cc2n(n1)CCCO2. The van der Waals surface area contributed by atoms with Crippen LogP contribution in [0.1, 0.15) is 16.9 Å². The Balaban J connectivity index is 1.76. The Kier molecular flexibility index (Phi) is 3.25. The van der Waals surface area contributed by atoms with Crippen molar-refractivity contribution in [1.82, 2.24) is 9.78 Å². The van der Waals surface area contributed by atoms with Gasteiger partial charge in [-0.1, -0.05) is 15.9 Å². The molecule has 0 saturated carbocycles. The van der Waals surface area contributed by atoms with E-state index in [1.807, 2.05) is 24.3 Å². The largest absolute Gasteiger partial charge is 0.478 e. The number of nitrogens with zero attached hydrogens (tertiary/aromatic N) is 2. The third-order valence-electron chi connectivity index (χ3n) is 2.84. The van der Waals surface area contributed by atoms with Crippen LogP contribution in [0.5, 0.6) is 5.88 Å². The zero-order valence-corrected chi connectivity index (χ0v) is 11.7. The molecule has 0 unspecified atom stereocenters. The minimum atomic E-state index is -0.229. The average Bonchev–Trinajstić information content (AvgIpc) is 2.85. The van der Waals surface area contributed by atoms with E-state index in [1.165, 1.54) is 0 Å². The number of nitrogens with one attached hydrogen (secondary N) is 1. The van der Waals surface area contributed by atoms with Gasteiger partial charge in [-0.25, -0.2) is 4.68 Å². The molecule has 1 aliphatic rings. The van der Waals surface area contributed by atoms with Gasteiger partial charge in [-0.2, -0.15) is 5.10 Å². The van der Waals surface area contributed by atoms with Crippen molar-refractivity contribution in [3.63, 3.8) is 0 Å². The number of aromatic nitrogens is 2. The van der Waals surface area contributed by atoms with E-state index in [-0.39, 0.29) is 5.91 Å². The second-order valence-electron chi connectivity index (χ2n) is 4.25. The average molecular weight is 322 g/mol. The molecule has 0 aliphatic carbocycles. The minimum Gasteiger partial charge on any atom is -0.478 e. The Morgan fingerprint density at radius 2 is 2.16 bits per heavy atom. The van der Waals surface area contributed by atoms with E-state index in [4.69, 9.17) is 4.74 Å². The van der Waals surface area contributed by atoms with E-state index in [1.54, 1.807) is 10.7 Å². The first-order chi connectivity index (χ1) is 9.22. The molecule has 1 aromatic carbocycles. The van der Waals surface area contributed by atoms with Gasteiger partial charge < -0.3 is 10.1 Å². The highest BCUT2D eigenvalue weighted by molar-refractivity contribution is 9.10. The molecule has 2 heterocycles. The molecular formula is C13H12BrN3O2. The van der Waals surface area contributed by atoms with Crippen molar-refractivity contribution in [2.24, 2.45) is 0 Å². The van der Waals surface area contributed by atoms with E-state index in [2.05, 4.69) is 26.3 Å². The monoisotopic (exact) mass is 321 g/mol. The van der Waals surface area contributed by atoms with Gasteiger partial charge in [0.25, 0.3) is 5.91 Å². The number of carbonyl (C=O) groups excluding carboxylic acids is 1. The summed E-state index contributed by atoms with van der Waals surface area (Å²) in [6.07, 6.45) is 0.919. The van der Waals surface area contributed by atoms with Crippen LogP contribution in [0.15, 0.2) is 34.8 Å². The lowest BCUT2D eigenvalue weighted by molar-refractivity contribution is 0.102. The summed E-state index contributed by atoms with van der Waals surface area (Å²) in [6.45, 7) is 1.47. The second kappa shape index (κ2) is 5.05. The third kappa shape index (κ3) is 2.63. The number of fused-ring (bicyclic) bond motifs is 1. The molecule has 1 N–H and O–H groups in total. The minimum absolute atomic E-state index is 0.229. The quantitative estimate of drug-likeness (QED) is 0.925. The third-order valence-corrected chi connectivity index (χ3v) is 3.37. The summed E-state index contributed by atoms with van der Waals surface area (Å²) in [5, 5.41) is 7.04. The Bertz CT molecular complexity index is 583. The normalized spacial score (nSPS) is 13.5. The first kappa shape index (κ1) is 12.2. The maximum atomic E-state index is 12.1. The standard InChI is InChI=1S/C13H12BrN3O2/c14-9-2-4-10(5-3-9)15-13(18)11-8-12-17(16-11)6-1-7-19-12/h2-5,8H,1,6-7H2,(H,15,18). The summed E-state index contributed by atoms with van der Waals surface area (Å²) in [6, 6.07) is 9.07. The first-order valence-electron chi connectivity index (χ1n) is 6.00. The molecule has 1 aromatic heterocycles. The molecule has 5 nitrogen and oxygen atoms in total. The van der Waals surface area contributed by atoms with Crippen LogP contribution in [0.25, 0.3) is 0 Å². The highest BCUT2D eigenvalue weighted by Gasteiger charge is 2.17. The number of rotatable bonds is 2. The predicted molar refractivity (Wildman–Crippen MR) is 74.4 cm³/mol. The Hall–Kier alpha value is -1.82. The summed E-state index contributed by atoms with van der Waals surface area (Å²) in [4.78, 5) is 12.1. The number of benzene rings is 1. The van der Waals surface area contributed by atoms with Crippen LogP contribution in [0.2, 0.25) is 0 Å². The van der Waals surface area contributed by atoms with Crippen LogP contribution in [0.3, 0.4) is 0 Å². The molecular weight excluding hydrogens is 310 g/mol. The van der Waals surface area contributed by atoms with Crippen molar-refractivity contribution < 1.29 is 9.53 Å². The van der Waals surface area contributed by atoms with Crippen molar-refractivity contribution in [3.8, 4) is 5.88 Å². The molecule has 98 valence electrons. The fourth-order valence-corrected chi connectivity index (χ4v) is 2.17. The van der Waals surface area contributed by atoms with Gasteiger partial charge in [0.2, 0.25) is 5.88 Å². The topological polar surface area (TPSA) is 56.2 Å². The molecule has 6 heteroatoms. The van der Waals surface area contributed by atoms with Crippen LogP contribution >= 0.6 is 15.9 Å². The van der Waals surface area contributed by atoms with Crippen molar-refractivity contribution in [1.29, 1.82) is 0 Å². The van der Waals surface area contributed by atoms with Crippen molar-refractivity contribution in [3.05, 3.63) is 40.5 Å². The second-order valence-corrected chi connectivity index (χ2v) is 5.17. The van der Waals surface area contributed by atoms with E-state index in [9.17, 15) is 4.79 Å². The zero-order chi connectivity index (χ0) is 13.2. The van der Waals surface area contributed by atoms with Crippen molar-refractivity contribution >= 4 is 27.5 Å². The highest BCUT2D eigenvalue weighted by Crippen LogP contribution is 2.20. The molecule has 0 atom stereocenters. The van der Waals surface area contributed by atoms with E-state index >= 15 is 0 Å². The molecule has 0 bridgehead atoms. The first-order valence-corrected chi connectivity index (χ1v) is 6.79. The summed E-state index contributed by atoms with van der Waals surface area (Å²) in [5.41, 5.74) is 1.11. The Morgan fingerprint density at radius 3 is 2.89 bits per heavy atom. The van der Waals surface area contributed by atoms with Crippen LogP contribution in [-0.2, 0) is 6.54 Å². The number of anilines is 1. The predicted octanol–water partition coefficient (Wildman–Crippen LogP) is 2.68. The lowest BCUT2D eigenvalue weighted by Gasteiger charge is -2.13. The smallest absolute Gasteiger partial charge is 0.276 e. The van der Waals surface area contributed by atoms with Gasteiger partial charge in [0.1, 0.15) is 0 Å². The van der Waals surface area contributed by atoms with Crippen molar-refractivity contribution in [2.75, 3.05) is 11.9 Å². The highest BCUT2D eigenvalue weighted by atomic mass is 79.9. The molecule has 0 radical (unpaired) electrons. The van der Waals surface area contributed by atoms with Gasteiger partial charge in [0.15, 0.2) is 5.69 Å². The van der Waals surface area contributed by atoms with Crippen LogP contribution in [-0.4, -0.2) is 22.3 Å². The van der Waals surface area contributed by atoms with E-state index < -0.39 is 0 Å². The van der Waals surface area contributed by atoms with Crippen LogP contribution in [0.4, 0.5) is 5.69 Å². The maximum absolute atomic E-state index is 12.1. The number of ether oxygens (including phenoxy) is 1. The Morgan fingerprint density at radius 1 is 1.37 bits per heavy atom. The lowest BCUT2D eigenvalue weighted by Crippen LogP contribution is -2.16. The number of aryl methyl sites for hydroxylation is 1. The molecule has 3 rings (SSSR count). The molecule has 1 aliphatic heterocycles. The molecule has 1 amide bonds. The van der Waals surface area contributed by atoms with Crippen LogP contribution in [0, 0.1) is 0 Å².